The molecule has 0 heterocycles. The number of benzene rings is 1. The molecule has 0 fully saturated rings. The maximum Gasteiger partial charge on any atom is 0.337 e. The molecule has 1 aromatic rings. The zero-order valence-electron chi connectivity index (χ0n) is 7.46. The fourth-order valence-electron chi connectivity index (χ4n) is 0.961. The molecule has 0 aromatic heterocycles. The van der Waals surface area contributed by atoms with Gasteiger partial charge in [0.2, 0.25) is 5.91 Å². The molecule has 6 heteroatoms. The van der Waals surface area contributed by atoms with Crippen LogP contribution in [0.4, 0.5) is 5.69 Å². The topological polar surface area (TPSA) is 66.4 Å². The van der Waals surface area contributed by atoms with Crippen LogP contribution in [0.25, 0.3) is 0 Å². The Labute approximate surface area is 95.8 Å². The van der Waals surface area contributed by atoms with Crippen LogP contribution in [0.15, 0.2) is 18.2 Å². The second-order valence-electron chi connectivity index (χ2n) is 2.68. The molecule has 0 spiro atoms. The van der Waals surface area contributed by atoms with Crippen LogP contribution in [0.3, 0.4) is 0 Å². The number of carbonyl (C=O) groups excluding carboxylic acids is 1. The summed E-state index contributed by atoms with van der Waals surface area (Å²) in [6, 6.07) is 4.17. The molecule has 1 aromatic carbocycles. The predicted octanol–water partition coefficient (Wildman–Crippen LogP) is 2.22. The molecule has 0 radical (unpaired) electrons. The highest BCUT2D eigenvalue weighted by molar-refractivity contribution is 6.33. The first-order chi connectivity index (χ1) is 7.04. The minimum Gasteiger partial charge on any atom is -0.478 e. The van der Waals surface area contributed by atoms with Gasteiger partial charge in [0.25, 0.3) is 0 Å². The number of alkyl halides is 1. The first kappa shape index (κ1) is 11.8. The van der Waals surface area contributed by atoms with Crippen molar-refractivity contribution < 1.29 is 14.7 Å². The van der Waals surface area contributed by atoms with Crippen molar-refractivity contribution in [2.45, 2.75) is 0 Å². The Balaban J connectivity index is 2.97. The fourth-order valence-corrected chi connectivity index (χ4v) is 1.23. The summed E-state index contributed by atoms with van der Waals surface area (Å²) in [6.07, 6.45) is 0. The van der Waals surface area contributed by atoms with Gasteiger partial charge in [-0.3, -0.25) is 4.79 Å². The molecule has 0 aliphatic carbocycles. The SMILES string of the molecule is O=C(CCl)Nc1ccc(Cl)c(C(=O)O)c1. The number of hydrogen-bond donors (Lipinski definition) is 2. The fraction of sp³-hybridized carbons (Fsp3) is 0.111. The lowest BCUT2D eigenvalue weighted by atomic mass is 10.2. The lowest BCUT2D eigenvalue weighted by Crippen LogP contribution is -2.13. The summed E-state index contributed by atoms with van der Waals surface area (Å²) >= 11 is 10.9. The van der Waals surface area contributed by atoms with Gasteiger partial charge in [0.05, 0.1) is 10.6 Å². The third kappa shape index (κ3) is 3.11. The van der Waals surface area contributed by atoms with Crippen molar-refractivity contribution in [2.24, 2.45) is 0 Å². The number of rotatable bonds is 3. The van der Waals surface area contributed by atoms with Crippen molar-refractivity contribution in [1.29, 1.82) is 0 Å². The average molecular weight is 248 g/mol. The molecule has 0 atom stereocenters. The quantitative estimate of drug-likeness (QED) is 0.806. The monoisotopic (exact) mass is 247 g/mol. The van der Waals surface area contributed by atoms with Crippen LogP contribution in [0.1, 0.15) is 10.4 Å². The number of anilines is 1. The lowest BCUT2D eigenvalue weighted by molar-refractivity contribution is -0.113. The minimum absolute atomic E-state index is 0.0657. The molecule has 0 saturated carbocycles. The first-order valence-electron chi connectivity index (χ1n) is 3.93. The van der Waals surface area contributed by atoms with E-state index in [1.165, 1.54) is 18.2 Å². The van der Waals surface area contributed by atoms with Gasteiger partial charge in [-0.25, -0.2) is 4.79 Å². The maximum absolute atomic E-state index is 10.9. The smallest absolute Gasteiger partial charge is 0.337 e. The summed E-state index contributed by atoms with van der Waals surface area (Å²) in [7, 11) is 0. The van der Waals surface area contributed by atoms with E-state index in [4.69, 9.17) is 28.3 Å². The Morgan fingerprint density at radius 2 is 2.07 bits per heavy atom. The van der Waals surface area contributed by atoms with Crippen LogP contribution in [0.2, 0.25) is 5.02 Å². The highest BCUT2D eigenvalue weighted by atomic mass is 35.5. The van der Waals surface area contributed by atoms with Gasteiger partial charge < -0.3 is 10.4 Å². The summed E-state index contributed by atoms with van der Waals surface area (Å²) in [5.74, 6) is -1.75. The second-order valence-corrected chi connectivity index (χ2v) is 3.36. The van der Waals surface area contributed by atoms with E-state index >= 15 is 0 Å². The largest absolute Gasteiger partial charge is 0.478 e. The van der Waals surface area contributed by atoms with Gasteiger partial charge >= 0.3 is 5.97 Å². The van der Waals surface area contributed by atoms with E-state index in [0.29, 0.717) is 5.69 Å². The van der Waals surface area contributed by atoms with Crippen molar-refractivity contribution in [2.75, 3.05) is 11.2 Å². The van der Waals surface area contributed by atoms with Gasteiger partial charge in [0.1, 0.15) is 5.88 Å². The zero-order valence-corrected chi connectivity index (χ0v) is 8.97. The molecule has 2 N–H and O–H groups in total. The Morgan fingerprint density at radius 3 is 2.60 bits per heavy atom. The molecule has 0 unspecified atom stereocenters. The van der Waals surface area contributed by atoms with E-state index in [1.54, 1.807) is 0 Å². The molecule has 80 valence electrons. The number of carboxylic acids is 1. The highest BCUT2D eigenvalue weighted by Gasteiger charge is 2.10. The van der Waals surface area contributed by atoms with E-state index < -0.39 is 11.9 Å². The van der Waals surface area contributed by atoms with E-state index in [9.17, 15) is 9.59 Å². The Kier molecular flexibility index (Phi) is 3.94. The number of hydrogen-bond acceptors (Lipinski definition) is 2. The molecule has 1 rings (SSSR count). The zero-order chi connectivity index (χ0) is 11.4. The van der Waals surface area contributed by atoms with Crippen molar-refractivity contribution in [3.05, 3.63) is 28.8 Å². The normalized spacial score (nSPS) is 9.73. The lowest BCUT2D eigenvalue weighted by Gasteiger charge is -2.05. The van der Waals surface area contributed by atoms with E-state index in [0.717, 1.165) is 0 Å². The highest BCUT2D eigenvalue weighted by Crippen LogP contribution is 2.20. The number of carboxylic acid groups (broad SMARTS) is 1. The van der Waals surface area contributed by atoms with Crippen LogP contribution in [0.5, 0.6) is 0 Å². The van der Waals surface area contributed by atoms with Crippen molar-refractivity contribution >= 4 is 40.8 Å². The van der Waals surface area contributed by atoms with Gasteiger partial charge in [-0.2, -0.15) is 0 Å². The van der Waals surface area contributed by atoms with Crippen LogP contribution < -0.4 is 5.32 Å². The van der Waals surface area contributed by atoms with Crippen LogP contribution in [-0.2, 0) is 4.79 Å². The summed E-state index contributed by atoms with van der Waals surface area (Å²) < 4.78 is 0. The van der Waals surface area contributed by atoms with Crippen LogP contribution in [-0.4, -0.2) is 22.9 Å². The standard InChI is InChI=1S/C9H7Cl2NO3/c10-4-8(13)12-5-1-2-7(11)6(3-5)9(14)15/h1-3H,4H2,(H,12,13)(H,14,15). The third-order valence-corrected chi connectivity index (χ3v) is 2.17. The Morgan fingerprint density at radius 1 is 1.40 bits per heavy atom. The van der Waals surface area contributed by atoms with Gasteiger partial charge in [-0.15, -0.1) is 11.6 Å². The molecule has 1 amide bonds. The van der Waals surface area contributed by atoms with Gasteiger partial charge in [-0.05, 0) is 18.2 Å². The van der Waals surface area contributed by atoms with Crippen molar-refractivity contribution in [3.63, 3.8) is 0 Å². The summed E-state index contributed by atoms with van der Waals surface area (Å²) in [4.78, 5) is 21.6. The number of amides is 1. The average Bonchev–Trinajstić information content (AvgIpc) is 2.20. The van der Waals surface area contributed by atoms with Crippen molar-refractivity contribution in [3.8, 4) is 0 Å². The van der Waals surface area contributed by atoms with Crippen molar-refractivity contribution in [1.82, 2.24) is 0 Å². The van der Waals surface area contributed by atoms with Crippen LogP contribution in [0, 0.1) is 0 Å². The molecule has 15 heavy (non-hydrogen) atoms. The molecule has 0 aliphatic rings. The molecule has 0 aliphatic heterocycles. The van der Waals surface area contributed by atoms with E-state index in [2.05, 4.69) is 5.32 Å². The molecule has 0 bridgehead atoms. The van der Waals surface area contributed by atoms with E-state index in [1.807, 2.05) is 0 Å². The van der Waals surface area contributed by atoms with Gasteiger partial charge in [0, 0.05) is 5.69 Å². The first-order valence-corrected chi connectivity index (χ1v) is 4.84. The molecular weight excluding hydrogens is 241 g/mol. The number of halogens is 2. The Hall–Kier alpha value is -1.26. The van der Waals surface area contributed by atoms with Crippen LogP contribution >= 0.6 is 23.2 Å². The summed E-state index contributed by atoms with van der Waals surface area (Å²) in [5, 5.41) is 11.3. The minimum atomic E-state index is -1.15. The predicted molar refractivity (Wildman–Crippen MR) is 57.8 cm³/mol. The van der Waals surface area contributed by atoms with Gasteiger partial charge in [0.15, 0.2) is 0 Å². The number of nitrogens with one attached hydrogen (secondary N) is 1. The second kappa shape index (κ2) is 5.00. The van der Waals surface area contributed by atoms with Gasteiger partial charge in [-0.1, -0.05) is 11.6 Å². The number of aromatic carboxylic acids is 1. The molecular formula is C9H7Cl2NO3. The molecule has 4 nitrogen and oxygen atoms in total. The third-order valence-electron chi connectivity index (χ3n) is 1.60. The van der Waals surface area contributed by atoms with E-state index in [-0.39, 0.29) is 16.5 Å². The summed E-state index contributed by atoms with van der Waals surface area (Å²) in [6.45, 7) is 0. The molecule has 0 saturated heterocycles. The maximum atomic E-state index is 10.9. The Bertz CT molecular complexity index is 406. The number of carbonyl (C=O) groups is 2. The summed E-state index contributed by atoms with van der Waals surface area (Å²) in [5.41, 5.74) is 0.284.